The summed E-state index contributed by atoms with van der Waals surface area (Å²) in [4.78, 5) is 11.1. The van der Waals surface area contributed by atoms with Crippen LogP contribution in [0.1, 0.15) is 22.8 Å². The minimum Gasteiger partial charge on any atom is -1.00 e. The fourth-order valence-corrected chi connectivity index (χ4v) is 1.69. The van der Waals surface area contributed by atoms with E-state index < -0.39 is 5.91 Å². The molecule has 2 N–H and O–H groups in total. The summed E-state index contributed by atoms with van der Waals surface area (Å²) in [5.41, 5.74) is 8.07. The maximum atomic E-state index is 11.1. The van der Waals surface area contributed by atoms with Crippen LogP contribution in [0.3, 0.4) is 0 Å². The van der Waals surface area contributed by atoms with E-state index in [0.717, 1.165) is 12.1 Å². The molecule has 1 heterocycles. The van der Waals surface area contributed by atoms with Crippen molar-refractivity contribution in [3.63, 3.8) is 0 Å². The van der Waals surface area contributed by atoms with Crippen LogP contribution in [-0.4, -0.2) is 5.91 Å². The highest BCUT2D eigenvalue weighted by Gasteiger charge is 2.09. The lowest BCUT2D eigenvalue weighted by molar-refractivity contribution is -0.595. The third-order valence-corrected chi connectivity index (χ3v) is 2.73. The number of halogens is 1. The van der Waals surface area contributed by atoms with Gasteiger partial charge in [0.25, 0.3) is 5.91 Å². The van der Waals surface area contributed by atoms with Crippen molar-refractivity contribution in [2.24, 2.45) is 5.73 Å². The zero-order valence-corrected chi connectivity index (χ0v) is 10.9. The Bertz CT molecular complexity index is 538. The van der Waals surface area contributed by atoms with Gasteiger partial charge in [0.15, 0.2) is 12.4 Å². The number of amides is 1. The Labute approximate surface area is 113 Å². The summed E-state index contributed by atoms with van der Waals surface area (Å²) in [7, 11) is 0. The number of rotatable bonds is 3. The second-order valence-corrected chi connectivity index (χ2v) is 3.88. The van der Waals surface area contributed by atoms with Gasteiger partial charge in [0.05, 0.1) is 0 Å². The van der Waals surface area contributed by atoms with Gasteiger partial charge in [-0.05, 0) is 18.1 Å². The highest BCUT2D eigenvalue weighted by molar-refractivity contribution is 5.92. The summed E-state index contributed by atoms with van der Waals surface area (Å²) >= 11 is 0. The lowest BCUT2D eigenvalue weighted by Crippen LogP contribution is -3.00. The third-order valence-electron chi connectivity index (χ3n) is 2.73. The van der Waals surface area contributed by atoms with E-state index in [9.17, 15) is 4.79 Å². The zero-order chi connectivity index (χ0) is 12.3. The highest BCUT2D eigenvalue weighted by atomic mass is 35.5. The van der Waals surface area contributed by atoms with Gasteiger partial charge < -0.3 is 18.1 Å². The normalized spacial score (nSPS) is 9.61. The van der Waals surface area contributed by atoms with Crippen LogP contribution in [0.4, 0.5) is 0 Å². The molecular weight excluding hydrogens is 248 g/mol. The third kappa shape index (κ3) is 3.08. The van der Waals surface area contributed by atoms with Crippen LogP contribution in [0, 0.1) is 0 Å². The van der Waals surface area contributed by atoms with Crippen molar-refractivity contribution in [1.82, 2.24) is 0 Å². The Hall–Kier alpha value is -1.87. The van der Waals surface area contributed by atoms with Gasteiger partial charge in [0.2, 0.25) is 5.69 Å². The number of nitrogens with two attached hydrogens (primary N) is 1. The summed E-state index contributed by atoms with van der Waals surface area (Å²) in [5, 5.41) is 0. The predicted octanol–water partition coefficient (Wildman–Crippen LogP) is -1.37. The van der Waals surface area contributed by atoms with Gasteiger partial charge in [-0.15, -0.1) is 0 Å². The van der Waals surface area contributed by atoms with E-state index in [0.29, 0.717) is 5.56 Å². The Balaban J connectivity index is 0.00000162. The van der Waals surface area contributed by atoms with Crippen molar-refractivity contribution in [1.29, 1.82) is 0 Å². The maximum absolute atomic E-state index is 11.1. The second-order valence-electron chi connectivity index (χ2n) is 3.88. The van der Waals surface area contributed by atoms with E-state index >= 15 is 0 Å². The summed E-state index contributed by atoms with van der Waals surface area (Å²) in [5.74, 6) is -0.412. The number of carbonyl (C=O) groups is 1. The van der Waals surface area contributed by atoms with Crippen LogP contribution in [0.5, 0.6) is 0 Å². The van der Waals surface area contributed by atoms with Crippen molar-refractivity contribution in [2.45, 2.75) is 13.3 Å². The standard InChI is InChI=1S/C14H14N2O.ClH/c1-2-11-5-7-13(8-6-11)16-9-3-4-12(10-16)14(15)17;/h3-10H,2H2,1H3,(H-,15,17);1H. The summed E-state index contributed by atoms with van der Waals surface area (Å²) in [6.07, 6.45) is 4.66. The first kappa shape index (κ1) is 14.2. The second kappa shape index (κ2) is 6.17. The van der Waals surface area contributed by atoms with Crippen LogP contribution >= 0.6 is 0 Å². The molecule has 4 heteroatoms. The average Bonchev–Trinajstić information content (AvgIpc) is 2.39. The first-order chi connectivity index (χ1) is 8.20. The van der Waals surface area contributed by atoms with Crippen molar-refractivity contribution in [3.05, 3.63) is 59.9 Å². The average molecular weight is 263 g/mol. The first-order valence-electron chi connectivity index (χ1n) is 5.61. The molecule has 1 amide bonds. The lowest BCUT2D eigenvalue weighted by Gasteiger charge is -1.99. The Morgan fingerprint density at radius 1 is 1.22 bits per heavy atom. The number of pyridine rings is 1. The van der Waals surface area contributed by atoms with E-state index in [1.54, 1.807) is 12.3 Å². The quantitative estimate of drug-likeness (QED) is 0.682. The van der Waals surface area contributed by atoms with Crippen molar-refractivity contribution in [2.75, 3.05) is 0 Å². The maximum Gasteiger partial charge on any atom is 0.254 e. The monoisotopic (exact) mass is 262 g/mol. The largest absolute Gasteiger partial charge is 1.00 e. The van der Waals surface area contributed by atoms with E-state index in [-0.39, 0.29) is 12.4 Å². The molecule has 0 spiro atoms. The van der Waals surface area contributed by atoms with Crippen LogP contribution in [-0.2, 0) is 6.42 Å². The molecular formula is C14H15ClN2O. The van der Waals surface area contributed by atoms with Gasteiger partial charge in [0.1, 0.15) is 5.56 Å². The van der Waals surface area contributed by atoms with Crippen LogP contribution in [0.15, 0.2) is 48.8 Å². The Kier molecular flexibility index (Phi) is 4.86. The molecule has 94 valence electrons. The Morgan fingerprint density at radius 3 is 2.44 bits per heavy atom. The Morgan fingerprint density at radius 2 is 1.89 bits per heavy atom. The fourth-order valence-electron chi connectivity index (χ4n) is 1.69. The topological polar surface area (TPSA) is 47.0 Å². The van der Waals surface area contributed by atoms with E-state index in [1.165, 1.54) is 5.56 Å². The molecule has 0 aliphatic heterocycles. The number of carbonyl (C=O) groups excluding carboxylic acids is 1. The summed E-state index contributed by atoms with van der Waals surface area (Å²) < 4.78 is 1.89. The number of benzene rings is 1. The van der Waals surface area contributed by atoms with Gasteiger partial charge in [-0.25, -0.2) is 0 Å². The molecule has 0 aliphatic rings. The van der Waals surface area contributed by atoms with Gasteiger partial charge in [-0.3, -0.25) is 4.79 Å². The van der Waals surface area contributed by atoms with Crippen molar-refractivity contribution < 1.29 is 21.8 Å². The van der Waals surface area contributed by atoms with Crippen molar-refractivity contribution >= 4 is 5.91 Å². The minimum atomic E-state index is -0.412. The molecule has 0 fully saturated rings. The predicted molar refractivity (Wildman–Crippen MR) is 65.9 cm³/mol. The molecule has 18 heavy (non-hydrogen) atoms. The molecule has 0 bridgehead atoms. The van der Waals surface area contributed by atoms with Crippen LogP contribution in [0.25, 0.3) is 5.69 Å². The number of aromatic nitrogens is 1. The zero-order valence-electron chi connectivity index (χ0n) is 10.1. The number of primary amides is 1. The van der Waals surface area contributed by atoms with E-state index in [4.69, 9.17) is 5.73 Å². The van der Waals surface area contributed by atoms with E-state index in [1.807, 2.05) is 29.0 Å². The molecule has 2 rings (SSSR count). The summed E-state index contributed by atoms with van der Waals surface area (Å²) in [6.45, 7) is 2.12. The number of hydrogen-bond donors (Lipinski definition) is 1. The van der Waals surface area contributed by atoms with Gasteiger partial charge >= 0.3 is 0 Å². The molecule has 1 aromatic carbocycles. The summed E-state index contributed by atoms with van der Waals surface area (Å²) in [6, 6.07) is 11.7. The molecule has 0 aliphatic carbocycles. The van der Waals surface area contributed by atoms with Crippen molar-refractivity contribution in [3.8, 4) is 5.69 Å². The van der Waals surface area contributed by atoms with Gasteiger partial charge in [-0.2, -0.15) is 4.57 Å². The van der Waals surface area contributed by atoms with Gasteiger partial charge in [0, 0.05) is 18.2 Å². The number of nitrogens with zero attached hydrogens (tertiary/aromatic N) is 1. The molecule has 3 nitrogen and oxygen atoms in total. The van der Waals surface area contributed by atoms with E-state index in [2.05, 4.69) is 19.1 Å². The minimum absolute atomic E-state index is 0. The van der Waals surface area contributed by atoms with Crippen LogP contribution in [0.2, 0.25) is 0 Å². The van der Waals surface area contributed by atoms with Crippen LogP contribution < -0.4 is 22.7 Å². The highest BCUT2D eigenvalue weighted by Crippen LogP contribution is 2.05. The molecule has 0 radical (unpaired) electrons. The lowest BCUT2D eigenvalue weighted by atomic mass is 10.1. The molecule has 0 saturated carbocycles. The smallest absolute Gasteiger partial charge is 0.254 e. The number of hydrogen-bond acceptors (Lipinski definition) is 1. The molecule has 0 saturated heterocycles. The molecule has 2 aromatic rings. The molecule has 0 atom stereocenters. The molecule has 0 unspecified atom stereocenters. The number of aryl methyl sites for hydroxylation is 1. The van der Waals surface area contributed by atoms with Gasteiger partial charge in [-0.1, -0.05) is 19.1 Å². The first-order valence-corrected chi connectivity index (χ1v) is 5.61. The fraction of sp³-hybridized carbons (Fsp3) is 0.143. The molecule has 1 aromatic heterocycles. The SMILES string of the molecule is CCc1ccc(-[n+]2cccc(C(N)=O)c2)cc1.[Cl-].